The van der Waals surface area contributed by atoms with Crippen molar-refractivity contribution in [2.45, 2.75) is 19.5 Å². The van der Waals surface area contributed by atoms with Gasteiger partial charge in [0.05, 0.1) is 6.61 Å². The van der Waals surface area contributed by atoms with Crippen LogP contribution in [0.3, 0.4) is 0 Å². The Morgan fingerprint density at radius 3 is 2.44 bits per heavy atom. The van der Waals surface area contributed by atoms with E-state index in [1.54, 1.807) is 6.92 Å². The largest absolute Gasteiger partial charge is 0.391 e. The highest BCUT2D eigenvalue weighted by Crippen LogP contribution is 1.94. The van der Waals surface area contributed by atoms with Gasteiger partial charge in [-0.3, -0.25) is 0 Å². The zero-order chi connectivity index (χ0) is 7.28. The third-order valence-corrected chi connectivity index (χ3v) is 0.837. The van der Waals surface area contributed by atoms with Crippen LogP contribution in [0.25, 0.3) is 0 Å². The van der Waals surface area contributed by atoms with Crippen molar-refractivity contribution >= 4 is 0 Å². The van der Waals surface area contributed by atoms with Crippen LogP contribution in [0.5, 0.6) is 0 Å². The lowest BCUT2D eigenvalue weighted by molar-refractivity contribution is -0.221. The quantitative estimate of drug-likeness (QED) is 0.502. The summed E-state index contributed by atoms with van der Waals surface area (Å²) in [7, 11) is 1.45. The van der Waals surface area contributed by atoms with Gasteiger partial charge in [0.2, 0.25) is 0 Å². The van der Waals surface area contributed by atoms with E-state index in [0.29, 0.717) is 0 Å². The highest BCUT2D eigenvalue weighted by molar-refractivity contribution is 4.34. The van der Waals surface area contributed by atoms with Crippen molar-refractivity contribution in [3.8, 4) is 0 Å². The molecule has 56 valence electrons. The minimum Gasteiger partial charge on any atom is -0.391 e. The van der Waals surface area contributed by atoms with E-state index >= 15 is 0 Å². The summed E-state index contributed by atoms with van der Waals surface area (Å²) in [5.41, 5.74) is 0. The molecule has 0 aromatic heterocycles. The smallest absolute Gasteiger partial charge is 0.180 e. The Labute approximate surface area is 54.0 Å². The zero-order valence-electron chi connectivity index (χ0n) is 5.57. The number of ether oxygens (including phenoxy) is 2. The average molecular weight is 136 g/mol. The third kappa shape index (κ3) is 4.35. The highest BCUT2D eigenvalue weighted by atomic mass is 16.7. The highest BCUT2D eigenvalue weighted by Gasteiger charge is 2.05. The van der Waals surface area contributed by atoms with Crippen molar-refractivity contribution < 1.29 is 19.7 Å². The molecule has 0 saturated heterocycles. The molecule has 2 N–H and O–H groups in total. The molecule has 0 heterocycles. The predicted octanol–water partition coefficient (Wildman–Crippen LogP) is -0.694. The maximum Gasteiger partial charge on any atom is 0.180 e. The van der Waals surface area contributed by atoms with Gasteiger partial charge in [-0.1, -0.05) is 0 Å². The molecule has 2 atom stereocenters. The van der Waals surface area contributed by atoms with Crippen LogP contribution in [0.1, 0.15) is 6.92 Å². The van der Waals surface area contributed by atoms with Gasteiger partial charge >= 0.3 is 0 Å². The summed E-state index contributed by atoms with van der Waals surface area (Å²) in [4.78, 5) is 0. The number of aliphatic hydroxyl groups is 2. The van der Waals surface area contributed by atoms with Crippen molar-refractivity contribution in [3.63, 3.8) is 0 Å². The molecule has 0 aliphatic carbocycles. The van der Waals surface area contributed by atoms with E-state index in [4.69, 9.17) is 10.2 Å². The molecule has 0 fully saturated rings. The lowest BCUT2D eigenvalue weighted by Crippen LogP contribution is -2.23. The Morgan fingerprint density at radius 1 is 1.56 bits per heavy atom. The second kappa shape index (κ2) is 4.69. The molecule has 2 unspecified atom stereocenters. The Balaban J connectivity index is 3.22. The normalized spacial score (nSPS) is 17.3. The molecule has 4 nitrogen and oxygen atoms in total. The number of hydrogen-bond acceptors (Lipinski definition) is 4. The fraction of sp³-hybridized carbons (Fsp3) is 1.00. The summed E-state index contributed by atoms with van der Waals surface area (Å²) < 4.78 is 9.26. The van der Waals surface area contributed by atoms with Gasteiger partial charge in [0.25, 0.3) is 0 Å². The summed E-state index contributed by atoms with van der Waals surface area (Å²) in [6.07, 6.45) is -1.62. The molecule has 0 aromatic rings. The molecular formula is C5H12O4. The van der Waals surface area contributed by atoms with Gasteiger partial charge in [0.15, 0.2) is 12.6 Å². The molecule has 0 amide bonds. The molecule has 0 aromatic carbocycles. The molecule has 0 aliphatic heterocycles. The summed E-state index contributed by atoms with van der Waals surface area (Å²) in [6.45, 7) is 1.21. The SMILES string of the molecule is COC(C)OC(O)CO. The third-order valence-electron chi connectivity index (χ3n) is 0.837. The van der Waals surface area contributed by atoms with Crippen LogP contribution in [0.4, 0.5) is 0 Å². The number of aliphatic hydroxyl groups excluding tert-OH is 2. The predicted molar refractivity (Wildman–Crippen MR) is 30.6 cm³/mol. The van der Waals surface area contributed by atoms with Crippen molar-refractivity contribution in [1.29, 1.82) is 0 Å². The van der Waals surface area contributed by atoms with Gasteiger partial charge < -0.3 is 19.7 Å². The van der Waals surface area contributed by atoms with E-state index in [0.717, 1.165) is 0 Å². The summed E-state index contributed by atoms with van der Waals surface area (Å²) in [5, 5.41) is 16.9. The molecule has 0 spiro atoms. The Hall–Kier alpha value is -0.160. The van der Waals surface area contributed by atoms with Gasteiger partial charge in [-0.05, 0) is 6.92 Å². The van der Waals surface area contributed by atoms with Crippen LogP contribution in [-0.4, -0.2) is 36.5 Å². The number of rotatable bonds is 4. The lowest BCUT2D eigenvalue weighted by Gasteiger charge is -2.13. The fourth-order valence-electron chi connectivity index (χ4n) is 0.320. The second-order valence-electron chi connectivity index (χ2n) is 1.58. The number of methoxy groups -OCH3 is 1. The molecule has 0 bridgehead atoms. The van der Waals surface area contributed by atoms with Crippen molar-refractivity contribution in [1.82, 2.24) is 0 Å². The Kier molecular flexibility index (Phi) is 4.61. The monoisotopic (exact) mass is 136 g/mol. The number of hydrogen-bond donors (Lipinski definition) is 2. The molecule has 9 heavy (non-hydrogen) atoms. The standard InChI is InChI=1S/C5H12O4/c1-4(8-2)9-5(7)3-6/h4-7H,3H2,1-2H3. The van der Waals surface area contributed by atoms with E-state index in [1.807, 2.05) is 0 Å². The van der Waals surface area contributed by atoms with Crippen LogP contribution in [0, 0.1) is 0 Å². The molecular weight excluding hydrogens is 124 g/mol. The molecule has 0 radical (unpaired) electrons. The van der Waals surface area contributed by atoms with Crippen molar-refractivity contribution in [2.24, 2.45) is 0 Å². The Bertz CT molecular complexity index is 58.0. The van der Waals surface area contributed by atoms with Crippen molar-refractivity contribution in [2.75, 3.05) is 13.7 Å². The minimum atomic E-state index is -1.14. The van der Waals surface area contributed by atoms with E-state index < -0.39 is 19.2 Å². The van der Waals surface area contributed by atoms with E-state index in [1.165, 1.54) is 7.11 Å². The van der Waals surface area contributed by atoms with Gasteiger partial charge in [0.1, 0.15) is 0 Å². The fourth-order valence-corrected chi connectivity index (χ4v) is 0.320. The molecule has 0 aliphatic rings. The van der Waals surface area contributed by atoms with Gasteiger partial charge in [-0.15, -0.1) is 0 Å². The summed E-state index contributed by atoms with van der Waals surface area (Å²) in [6, 6.07) is 0. The average Bonchev–Trinajstić information content (AvgIpc) is 1.87. The van der Waals surface area contributed by atoms with Gasteiger partial charge in [-0.25, -0.2) is 0 Å². The van der Waals surface area contributed by atoms with Crippen LogP contribution < -0.4 is 0 Å². The topological polar surface area (TPSA) is 58.9 Å². The van der Waals surface area contributed by atoms with Crippen LogP contribution in [-0.2, 0) is 9.47 Å². The van der Waals surface area contributed by atoms with Crippen LogP contribution in [0.15, 0.2) is 0 Å². The maximum absolute atomic E-state index is 8.61. The minimum absolute atomic E-state index is 0.409. The van der Waals surface area contributed by atoms with Crippen molar-refractivity contribution in [3.05, 3.63) is 0 Å². The second-order valence-corrected chi connectivity index (χ2v) is 1.58. The van der Waals surface area contributed by atoms with E-state index in [2.05, 4.69) is 9.47 Å². The van der Waals surface area contributed by atoms with Crippen LogP contribution in [0.2, 0.25) is 0 Å². The maximum atomic E-state index is 8.61. The Morgan fingerprint density at radius 2 is 2.11 bits per heavy atom. The lowest BCUT2D eigenvalue weighted by atomic mass is 10.6. The first kappa shape index (κ1) is 8.84. The molecule has 0 saturated carbocycles. The van der Waals surface area contributed by atoms with Gasteiger partial charge in [0, 0.05) is 7.11 Å². The molecule has 4 heteroatoms. The first-order valence-corrected chi connectivity index (χ1v) is 2.68. The van der Waals surface area contributed by atoms with E-state index in [9.17, 15) is 0 Å². The first-order valence-electron chi connectivity index (χ1n) is 2.68. The van der Waals surface area contributed by atoms with Crippen LogP contribution >= 0.6 is 0 Å². The zero-order valence-corrected chi connectivity index (χ0v) is 5.57. The summed E-state index contributed by atoms with van der Waals surface area (Å²) in [5.74, 6) is 0. The van der Waals surface area contributed by atoms with E-state index in [-0.39, 0.29) is 0 Å². The molecule has 0 rings (SSSR count). The van der Waals surface area contributed by atoms with Gasteiger partial charge in [-0.2, -0.15) is 0 Å². The summed E-state index contributed by atoms with van der Waals surface area (Å²) >= 11 is 0. The first-order chi connectivity index (χ1) is 4.20.